The summed E-state index contributed by atoms with van der Waals surface area (Å²) in [6, 6.07) is 20.7. The number of nitrogens with one attached hydrogen (secondary N) is 1. The number of rotatable bonds is 8. The zero-order chi connectivity index (χ0) is 26.7. The highest BCUT2D eigenvalue weighted by Gasteiger charge is 2.22. The van der Waals surface area contributed by atoms with Crippen LogP contribution >= 0.6 is 35.3 Å². The van der Waals surface area contributed by atoms with E-state index in [9.17, 15) is 13.2 Å². The zero-order valence-corrected chi connectivity index (χ0v) is 24.5. The largest absolute Gasteiger partial charge is 0.351 e. The van der Waals surface area contributed by atoms with Gasteiger partial charge in [-0.05, 0) is 54.6 Å². The van der Waals surface area contributed by atoms with Crippen molar-refractivity contribution in [2.75, 3.05) is 55.5 Å². The molecule has 1 aliphatic heterocycles. The molecular weight excluding hydrogens is 577 g/mol. The molecule has 4 aromatic rings. The van der Waals surface area contributed by atoms with Crippen LogP contribution in [0.15, 0.2) is 77.7 Å². The Bertz CT molecular complexity index is 1520. The molecule has 12 heteroatoms. The number of anilines is 2. The minimum absolute atomic E-state index is 0. The van der Waals surface area contributed by atoms with Gasteiger partial charge in [0, 0.05) is 56.9 Å². The summed E-state index contributed by atoms with van der Waals surface area (Å²) in [5, 5.41) is 4.67. The van der Waals surface area contributed by atoms with Gasteiger partial charge in [-0.3, -0.25) is 14.0 Å². The highest BCUT2D eigenvalue weighted by molar-refractivity contribution is 7.92. The van der Waals surface area contributed by atoms with Gasteiger partial charge in [0.25, 0.3) is 15.9 Å². The Morgan fingerprint density at radius 3 is 2.41 bits per heavy atom. The predicted molar refractivity (Wildman–Crippen MR) is 161 cm³/mol. The van der Waals surface area contributed by atoms with Gasteiger partial charge in [-0.2, -0.15) is 0 Å². The van der Waals surface area contributed by atoms with Crippen LogP contribution in [0.3, 0.4) is 0 Å². The molecule has 0 saturated carbocycles. The van der Waals surface area contributed by atoms with Crippen LogP contribution in [0.4, 0.5) is 10.8 Å². The third-order valence-corrected chi connectivity index (χ3v) is 9.70. The number of halogens is 2. The number of carbonyl (C=O) groups is 1. The van der Waals surface area contributed by atoms with Crippen molar-refractivity contribution in [3.63, 3.8) is 0 Å². The summed E-state index contributed by atoms with van der Waals surface area (Å²) in [6.45, 7) is 4.75. The Kier molecular flexibility index (Phi) is 9.35. The van der Waals surface area contributed by atoms with Crippen molar-refractivity contribution in [2.45, 2.75) is 4.90 Å². The molecule has 0 bridgehead atoms. The lowest BCUT2D eigenvalue weighted by Crippen LogP contribution is -2.48. The van der Waals surface area contributed by atoms with E-state index in [4.69, 9.17) is 16.6 Å². The SMILES string of the molecule is CN(c1ccccc1)S(=O)(=O)c1ccc(C(=O)NCCN2CCN(c3nc4ccc(Cl)cc4s3)CC2)cc1.Cl. The number of para-hydroxylation sites is 1. The maximum Gasteiger partial charge on any atom is 0.264 e. The second kappa shape index (κ2) is 12.5. The lowest BCUT2D eigenvalue weighted by atomic mass is 10.2. The topological polar surface area (TPSA) is 85.8 Å². The number of nitrogens with zero attached hydrogens (tertiary/aromatic N) is 4. The number of thiazole rings is 1. The van der Waals surface area contributed by atoms with Crippen molar-refractivity contribution in [3.05, 3.63) is 83.4 Å². The Morgan fingerprint density at radius 1 is 1.03 bits per heavy atom. The molecule has 3 aromatic carbocycles. The van der Waals surface area contributed by atoms with Gasteiger partial charge < -0.3 is 10.2 Å². The summed E-state index contributed by atoms with van der Waals surface area (Å²) >= 11 is 7.76. The molecule has 1 fully saturated rings. The summed E-state index contributed by atoms with van der Waals surface area (Å²) in [7, 11) is -2.20. The molecule has 5 rings (SSSR count). The number of carbonyl (C=O) groups excluding carboxylic acids is 1. The number of hydrogen-bond donors (Lipinski definition) is 1. The maximum absolute atomic E-state index is 12.9. The van der Waals surface area contributed by atoms with Crippen molar-refractivity contribution < 1.29 is 13.2 Å². The fourth-order valence-electron chi connectivity index (χ4n) is 4.33. The Hall–Kier alpha value is -2.89. The molecule has 0 atom stereocenters. The first-order valence-corrected chi connectivity index (χ1v) is 14.9. The van der Waals surface area contributed by atoms with Crippen molar-refractivity contribution in [1.82, 2.24) is 15.2 Å². The molecule has 0 radical (unpaired) electrons. The van der Waals surface area contributed by atoms with Gasteiger partial charge in [0.1, 0.15) is 0 Å². The Labute approximate surface area is 243 Å². The van der Waals surface area contributed by atoms with Crippen LogP contribution in [0.2, 0.25) is 5.02 Å². The molecule has 39 heavy (non-hydrogen) atoms. The second-order valence-electron chi connectivity index (χ2n) is 9.03. The van der Waals surface area contributed by atoms with E-state index in [1.165, 1.54) is 23.5 Å². The number of aromatic nitrogens is 1. The van der Waals surface area contributed by atoms with E-state index >= 15 is 0 Å². The van der Waals surface area contributed by atoms with E-state index in [1.54, 1.807) is 47.7 Å². The number of hydrogen-bond acceptors (Lipinski definition) is 7. The minimum atomic E-state index is -3.72. The molecule has 0 aliphatic carbocycles. The van der Waals surface area contributed by atoms with E-state index in [1.807, 2.05) is 24.3 Å². The van der Waals surface area contributed by atoms with Crippen molar-refractivity contribution >= 4 is 72.3 Å². The molecule has 0 unspecified atom stereocenters. The van der Waals surface area contributed by atoms with Crippen molar-refractivity contribution in [1.29, 1.82) is 0 Å². The van der Waals surface area contributed by atoms with Crippen LogP contribution in [0.5, 0.6) is 0 Å². The van der Waals surface area contributed by atoms with Crippen LogP contribution in [0, 0.1) is 0 Å². The lowest BCUT2D eigenvalue weighted by Gasteiger charge is -2.34. The highest BCUT2D eigenvalue weighted by atomic mass is 35.5. The molecule has 1 amide bonds. The molecule has 8 nitrogen and oxygen atoms in total. The van der Waals surface area contributed by atoms with Crippen LogP contribution in [0.1, 0.15) is 10.4 Å². The van der Waals surface area contributed by atoms with Crippen molar-refractivity contribution in [2.24, 2.45) is 0 Å². The van der Waals surface area contributed by atoms with Gasteiger partial charge >= 0.3 is 0 Å². The first-order chi connectivity index (χ1) is 18.3. The van der Waals surface area contributed by atoms with E-state index < -0.39 is 10.0 Å². The van der Waals surface area contributed by atoms with Gasteiger partial charge in [0.15, 0.2) is 5.13 Å². The van der Waals surface area contributed by atoms with E-state index in [-0.39, 0.29) is 23.2 Å². The molecular formula is C27H29Cl2N5O3S2. The van der Waals surface area contributed by atoms with Crippen LogP contribution in [-0.2, 0) is 10.0 Å². The van der Waals surface area contributed by atoms with Gasteiger partial charge in [0.05, 0.1) is 20.8 Å². The third kappa shape index (κ3) is 6.64. The minimum Gasteiger partial charge on any atom is -0.351 e. The number of piperazine rings is 1. The van der Waals surface area contributed by atoms with Gasteiger partial charge in [-0.25, -0.2) is 13.4 Å². The number of amides is 1. The summed E-state index contributed by atoms with van der Waals surface area (Å²) in [5.41, 5.74) is 1.96. The van der Waals surface area contributed by atoms with Crippen LogP contribution < -0.4 is 14.5 Å². The molecule has 1 N–H and O–H groups in total. The lowest BCUT2D eigenvalue weighted by molar-refractivity contribution is 0.0947. The maximum atomic E-state index is 12.9. The number of sulfonamides is 1. The zero-order valence-electron chi connectivity index (χ0n) is 21.3. The summed E-state index contributed by atoms with van der Waals surface area (Å²) in [6.07, 6.45) is 0. The molecule has 2 heterocycles. The molecule has 0 spiro atoms. The standard InChI is InChI=1S/C27H28ClN5O3S2.ClH/c1-31(22-5-3-2-4-6-22)38(35,36)23-10-7-20(8-11-23)26(34)29-13-14-32-15-17-33(18-16-32)27-30-24-12-9-21(28)19-25(24)37-27;/h2-12,19H,13-18H2,1H3,(H,29,34);1H. The van der Waals surface area contributed by atoms with E-state index in [0.29, 0.717) is 17.8 Å². The molecule has 206 valence electrons. The van der Waals surface area contributed by atoms with E-state index in [2.05, 4.69) is 15.1 Å². The fraction of sp³-hybridized carbons (Fsp3) is 0.259. The Morgan fingerprint density at radius 2 is 1.72 bits per heavy atom. The molecule has 1 aliphatic rings. The van der Waals surface area contributed by atoms with Gasteiger partial charge in [-0.15, -0.1) is 12.4 Å². The fourth-order valence-corrected chi connectivity index (χ4v) is 6.82. The first-order valence-electron chi connectivity index (χ1n) is 12.3. The van der Waals surface area contributed by atoms with Crippen LogP contribution in [0.25, 0.3) is 10.2 Å². The smallest absolute Gasteiger partial charge is 0.264 e. The van der Waals surface area contributed by atoms with Gasteiger partial charge in [-0.1, -0.05) is 41.1 Å². The van der Waals surface area contributed by atoms with E-state index in [0.717, 1.165) is 53.1 Å². The van der Waals surface area contributed by atoms with Crippen molar-refractivity contribution in [3.8, 4) is 0 Å². The quantitative estimate of drug-likeness (QED) is 0.312. The summed E-state index contributed by atoms with van der Waals surface area (Å²) < 4.78 is 28.2. The molecule has 1 aromatic heterocycles. The Balaban J connectivity index is 0.00000353. The molecule has 1 saturated heterocycles. The first kappa shape index (κ1) is 29.1. The predicted octanol–water partition coefficient (Wildman–Crippen LogP) is 4.75. The summed E-state index contributed by atoms with van der Waals surface area (Å²) in [5.74, 6) is -0.225. The second-order valence-corrected chi connectivity index (χ2v) is 12.4. The number of benzene rings is 3. The normalized spacial score (nSPS) is 14.2. The number of fused-ring (bicyclic) bond motifs is 1. The third-order valence-electron chi connectivity index (χ3n) is 6.59. The monoisotopic (exact) mass is 605 g/mol. The van der Waals surface area contributed by atoms with Gasteiger partial charge in [0.2, 0.25) is 0 Å². The highest BCUT2D eigenvalue weighted by Crippen LogP contribution is 2.31. The van der Waals surface area contributed by atoms with Crippen LogP contribution in [-0.4, -0.2) is 70.5 Å². The summed E-state index contributed by atoms with van der Waals surface area (Å²) in [4.78, 5) is 22.1. The average Bonchev–Trinajstić information content (AvgIpc) is 3.36. The average molecular weight is 607 g/mol.